The Hall–Kier alpha value is -5.63. The standard InChI is InChI=1S/C80H135N7O55/c1-20-45(104)59(118)61(120)77(126-20)123-17-29(103)64(46(105)28(9-88)81-21(2)96)136-76-44(87-27(8)102)58(117)65(35(15-94)132-76)138-78-63(122)68(140-80-70(142-75-43(86-26(7)101)57(116)51(110)34(14-93)131-75)62(121)66(36(16-95)133-80)137-72-40(83-23(4)98)54(113)48(107)31(11-90)128-72)67(139-73-41(84-24(5)99)55(114)49(108)32(12-91)129-73)38(135-78)19-125-79-69(141-74-42(85-25(6)100)56(115)50(109)33(13-92)130-74)60(119)52(111)37(134-79)18-124-71-39(82-22(3)97)53(112)47(106)30(10-89)127-71/h20,28-80,88-95,103-122H,9-19H2,1-8H3,(H,81,96)(H,82,97)(H,83,98)(H,84,99)(H,85,100)(H,86,101)(H,87,102)/t20-,28-,29+,30+,31+,32+,33+,34+,35+,36+,37+,38+,39+,40+,41+,42+,43+,44+,45+,46+,47+,48+,49+,50+,51+,52+,53+,54+,55+,56+,57+,58+,59+,60-,61-,62-,63-,64+,65+,66+,67+,68+,69-,70-,71+,72-,73-,74-,75-,76-,77+,78-,79-,80+/m0/s1. The lowest BCUT2D eigenvalue weighted by molar-refractivity contribution is -0.412. The molecule has 54 atom stereocenters. The summed E-state index contributed by atoms with van der Waals surface area (Å²) in [6.07, 6.45) is -105. The smallest absolute Gasteiger partial charge is 0.217 e. The van der Waals surface area contributed by atoms with Gasteiger partial charge in [-0.3, -0.25) is 33.6 Å². The Labute approximate surface area is 806 Å². The van der Waals surface area contributed by atoms with Gasteiger partial charge in [0.2, 0.25) is 41.4 Å². The van der Waals surface area contributed by atoms with E-state index in [0.717, 1.165) is 48.5 Å². The Morgan fingerprint density at radius 3 is 0.965 bits per heavy atom. The molecular formula is C80H135N7O55. The summed E-state index contributed by atoms with van der Waals surface area (Å²) < 4.78 is 124. The third kappa shape index (κ3) is 27.8. The fourth-order valence-corrected chi connectivity index (χ4v) is 18.0. The Balaban J connectivity index is 1.17. The zero-order chi connectivity index (χ0) is 105. The van der Waals surface area contributed by atoms with Crippen molar-refractivity contribution in [1.82, 2.24) is 37.2 Å². The molecule has 0 spiro atoms. The summed E-state index contributed by atoms with van der Waals surface area (Å²) in [7, 11) is 0. The average molecular weight is 2070 g/mol. The number of nitrogens with one attached hydrogen (secondary N) is 7. The van der Waals surface area contributed by atoms with Gasteiger partial charge >= 0.3 is 0 Å². The summed E-state index contributed by atoms with van der Waals surface area (Å²) >= 11 is 0. The summed E-state index contributed by atoms with van der Waals surface area (Å²) in [6.45, 7) is -5.83. The number of amides is 7. The van der Waals surface area contributed by atoms with E-state index in [0.29, 0.717) is 0 Å². The van der Waals surface area contributed by atoms with Gasteiger partial charge in [0.15, 0.2) is 62.9 Å². The molecule has 10 aliphatic heterocycles. The molecule has 0 aliphatic carbocycles. The van der Waals surface area contributed by atoms with E-state index in [1.807, 2.05) is 0 Å². The number of aliphatic hydroxyl groups excluding tert-OH is 28. The minimum atomic E-state index is -2.93. The molecule has 7 amide bonds. The van der Waals surface area contributed by atoms with Gasteiger partial charge < -0.3 is 275 Å². The third-order valence-electron chi connectivity index (χ3n) is 25.4. The van der Waals surface area contributed by atoms with Crippen molar-refractivity contribution in [2.75, 3.05) is 72.7 Å². The maximum atomic E-state index is 13.8. The highest BCUT2D eigenvalue weighted by atomic mass is 16.8. The highest BCUT2D eigenvalue weighted by Gasteiger charge is 2.63. The van der Waals surface area contributed by atoms with E-state index in [1.54, 1.807) is 0 Å². The first-order chi connectivity index (χ1) is 67.0. The number of ether oxygens (including phenoxy) is 20. The quantitative estimate of drug-likeness (QED) is 0.0270. The minimum absolute atomic E-state index is 0.841. The van der Waals surface area contributed by atoms with Crippen molar-refractivity contribution in [3.63, 3.8) is 0 Å². The third-order valence-corrected chi connectivity index (χ3v) is 25.4. The first-order valence-corrected chi connectivity index (χ1v) is 45.4. The Kier molecular flexibility index (Phi) is 43.9. The van der Waals surface area contributed by atoms with Crippen molar-refractivity contribution in [3.05, 3.63) is 0 Å². The van der Waals surface area contributed by atoms with Gasteiger partial charge in [-0.15, -0.1) is 0 Å². The maximum Gasteiger partial charge on any atom is 0.217 e. The van der Waals surface area contributed by atoms with Crippen molar-refractivity contribution in [3.8, 4) is 0 Å². The highest BCUT2D eigenvalue weighted by molar-refractivity contribution is 5.75. The van der Waals surface area contributed by atoms with Crippen LogP contribution >= 0.6 is 0 Å². The zero-order valence-corrected chi connectivity index (χ0v) is 77.5. The molecule has 0 aromatic carbocycles. The van der Waals surface area contributed by atoms with Crippen LogP contribution in [0.4, 0.5) is 0 Å². The fourth-order valence-electron chi connectivity index (χ4n) is 18.0. The minimum Gasteiger partial charge on any atom is -0.394 e. The fraction of sp³-hybridized carbons (Fsp3) is 0.912. The van der Waals surface area contributed by atoms with Crippen LogP contribution in [0.15, 0.2) is 0 Å². The number of aliphatic hydroxyl groups is 28. The predicted molar refractivity (Wildman–Crippen MR) is 444 cm³/mol. The van der Waals surface area contributed by atoms with Gasteiger partial charge in [0.05, 0.1) is 84.8 Å². The van der Waals surface area contributed by atoms with Crippen LogP contribution in [0.25, 0.3) is 0 Å². The van der Waals surface area contributed by atoms with Crippen LogP contribution in [0.5, 0.6) is 0 Å². The number of carbonyl (C=O) groups is 7. The van der Waals surface area contributed by atoms with Crippen LogP contribution in [0, 0.1) is 0 Å². The Morgan fingerprint density at radius 1 is 0.261 bits per heavy atom. The predicted octanol–water partition coefficient (Wildman–Crippen LogP) is -23.3. The van der Waals surface area contributed by atoms with Gasteiger partial charge in [0.25, 0.3) is 0 Å². The molecule has 62 heteroatoms. The second-order valence-electron chi connectivity index (χ2n) is 35.8. The van der Waals surface area contributed by atoms with Gasteiger partial charge in [0.1, 0.15) is 256 Å². The van der Waals surface area contributed by atoms with Gasteiger partial charge in [-0.25, -0.2) is 0 Å². The molecule has 142 heavy (non-hydrogen) atoms. The number of carbonyl (C=O) groups excluding carboxylic acids is 7. The van der Waals surface area contributed by atoms with E-state index >= 15 is 0 Å². The van der Waals surface area contributed by atoms with Crippen LogP contribution in [-0.2, 0) is 128 Å². The number of hydrogen-bond donors (Lipinski definition) is 35. The van der Waals surface area contributed by atoms with Crippen LogP contribution in [-0.4, -0.2) is 588 Å². The molecule has 62 nitrogen and oxygen atoms in total. The summed E-state index contributed by atoms with van der Waals surface area (Å²) in [5.74, 6) is -6.91. The Morgan fingerprint density at radius 2 is 0.570 bits per heavy atom. The van der Waals surface area contributed by atoms with Crippen LogP contribution in [0.3, 0.4) is 0 Å². The molecule has 820 valence electrons. The van der Waals surface area contributed by atoms with Gasteiger partial charge in [-0.2, -0.15) is 0 Å². The van der Waals surface area contributed by atoms with Crippen molar-refractivity contribution in [1.29, 1.82) is 0 Å². The van der Waals surface area contributed by atoms with E-state index in [-0.39, 0.29) is 0 Å². The van der Waals surface area contributed by atoms with Crippen LogP contribution < -0.4 is 37.2 Å². The van der Waals surface area contributed by atoms with Gasteiger partial charge in [-0.05, 0) is 6.92 Å². The summed E-state index contributed by atoms with van der Waals surface area (Å²) in [5.41, 5.74) is 0. The Bertz CT molecular complexity index is 3970. The van der Waals surface area contributed by atoms with Gasteiger partial charge in [-0.1, -0.05) is 0 Å². The van der Waals surface area contributed by atoms with E-state index in [4.69, 9.17) is 94.7 Å². The molecule has 10 saturated heterocycles. The molecule has 10 rings (SSSR count). The van der Waals surface area contributed by atoms with E-state index in [2.05, 4.69) is 37.2 Å². The van der Waals surface area contributed by atoms with E-state index in [1.165, 1.54) is 6.92 Å². The normalized spacial score (nSPS) is 45.2. The first kappa shape index (κ1) is 118. The molecule has 10 heterocycles. The molecule has 0 unspecified atom stereocenters. The second kappa shape index (κ2) is 52.7. The average Bonchev–Trinajstić information content (AvgIpc) is 0.722. The molecular weight excluding hydrogens is 1940 g/mol. The lowest BCUT2D eigenvalue weighted by Crippen LogP contribution is -2.72. The van der Waals surface area contributed by atoms with E-state index < -0.39 is 445 Å². The largest absolute Gasteiger partial charge is 0.394 e. The summed E-state index contributed by atoms with van der Waals surface area (Å²) in [5, 5.41) is 338. The lowest BCUT2D eigenvalue weighted by atomic mass is 9.93. The van der Waals surface area contributed by atoms with E-state index in [9.17, 15) is 177 Å². The molecule has 10 fully saturated rings. The summed E-state index contributed by atoms with van der Waals surface area (Å²) in [6, 6.07) is -13.9. The van der Waals surface area contributed by atoms with Crippen LogP contribution in [0.1, 0.15) is 55.4 Å². The molecule has 0 saturated carbocycles. The van der Waals surface area contributed by atoms with Crippen molar-refractivity contribution in [2.24, 2.45) is 0 Å². The topological polar surface area (TPSA) is 955 Å². The first-order valence-electron chi connectivity index (χ1n) is 45.4. The summed E-state index contributed by atoms with van der Waals surface area (Å²) in [4.78, 5) is 91.2. The number of hydrogen-bond acceptors (Lipinski definition) is 55. The SMILES string of the molecule is CC(=O)N[C@H]1[C@H](O[C@@H]([C@H](O)[C@H](CO)NC(C)=O)[C@H](O)CO[C@@H]2O[C@@H](C)[C@@H](O)[C@@H](O)[C@@H]2O)O[C@H](CO)[C@@H](O[C@@H]2O[C@H](CO[C@H]3O[C@H](CO[C@@H]4O[C@H](CO)[C@@H](O)[C@H](O)[C@H]4NC(C)=O)[C@@H](O)[C@H](O)[C@@H]3O[C@@H]3O[C@H](CO)[C@@H](O)[C@H](O)[C@H]3NC(C)=O)[C@@H](O[C@@H]3O[C@H](CO)[C@@H](O)[C@H](O)[C@H]3NC(C)=O)[C@H](O[C@H]3O[C@H](CO)[C@@H](O[C@@H]4O[C@H](CO)[C@@H](O)[C@H](O)[C@H]4NC(C)=O)[C@H](O)[C@@H]3O[C@@H]3O[C@H](CO)[C@@H](O)[C@H](O)[C@H]3NC(C)=O)[C@@H]2O)[C@@H]1O. The molecule has 0 bridgehead atoms. The number of rotatable bonds is 41. The lowest BCUT2D eigenvalue weighted by Gasteiger charge is -2.53. The van der Waals surface area contributed by atoms with Crippen molar-refractivity contribution in [2.45, 2.75) is 386 Å². The van der Waals surface area contributed by atoms with Crippen LogP contribution in [0.2, 0.25) is 0 Å². The van der Waals surface area contributed by atoms with Gasteiger partial charge in [0, 0.05) is 48.5 Å². The maximum absolute atomic E-state index is 13.8. The van der Waals surface area contributed by atoms with Crippen molar-refractivity contribution >= 4 is 41.4 Å². The molecule has 10 aliphatic rings. The molecule has 35 N–H and O–H groups in total. The molecule has 0 radical (unpaired) electrons. The monoisotopic (exact) mass is 2070 g/mol. The highest BCUT2D eigenvalue weighted by Crippen LogP contribution is 2.42. The molecule has 0 aromatic heterocycles. The second-order valence-corrected chi connectivity index (χ2v) is 35.8. The molecule has 0 aromatic rings. The van der Waals surface area contributed by atoms with Crippen molar-refractivity contribution < 1.29 is 271 Å². The zero-order valence-electron chi connectivity index (χ0n) is 77.5.